The minimum absolute atomic E-state index is 0.0489. The largest absolute Gasteiger partial charge is 0.381 e. The van der Waals surface area contributed by atoms with Crippen LogP contribution in [-0.2, 0) is 4.74 Å². The summed E-state index contributed by atoms with van der Waals surface area (Å²) in [4.78, 5) is 15.4. The summed E-state index contributed by atoms with van der Waals surface area (Å²) in [6.07, 6.45) is 6.25. The van der Waals surface area contributed by atoms with Gasteiger partial charge in [-0.1, -0.05) is 6.07 Å². The van der Waals surface area contributed by atoms with Crippen molar-refractivity contribution in [3.63, 3.8) is 0 Å². The van der Waals surface area contributed by atoms with Crippen molar-refractivity contribution in [2.45, 2.75) is 51.5 Å². The van der Waals surface area contributed by atoms with E-state index in [4.69, 9.17) is 4.74 Å². The number of likely N-dealkylation sites (tertiary alicyclic amines) is 1. The van der Waals surface area contributed by atoms with Gasteiger partial charge in [0.25, 0.3) is 5.91 Å². The van der Waals surface area contributed by atoms with Crippen molar-refractivity contribution in [2.24, 2.45) is 5.41 Å². The van der Waals surface area contributed by atoms with Gasteiger partial charge in [0.05, 0.1) is 0 Å². The molecule has 2 aliphatic heterocycles. The fraction of sp³-hybridized carbons (Fsp3) is 0.591. The molecule has 28 heavy (non-hydrogen) atoms. The normalized spacial score (nSPS) is 24.1. The summed E-state index contributed by atoms with van der Waals surface area (Å²) >= 11 is 0. The van der Waals surface area contributed by atoms with Crippen molar-refractivity contribution in [3.05, 3.63) is 47.0 Å². The third-order valence-corrected chi connectivity index (χ3v) is 7.03. The van der Waals surface area contributed by atoms with E-state index in [1.807, 2.05) is 29.4 Å². The van der Waals surface area contributed by atoms with Gasteiger partial charge in [-0.2, -0.15) is 0 Å². The monoisotopic (exact) mass is 380 g/mol. The van der Waals surface area contributed by atoms with Crippen LogP contribution >= 0.6 is 0 Å². The number of aryl methyl sites for hydroxylation is 2. The first kappa shape index (κ1) is 17.9. The van der Waals surface area contributed by atoms with E-state index in [-0.39, 0.29) is 17.2 Å². The quantitative estimate of drug-likeness (QED) is 0.820. The van der Waals surface area contributed by atoms with Gasteiger partial charge in [-0.15, -0.1) is 10.2 Å². The molecule has 1 aromatic carbocycles. The smallest absolute Gasteiger partial charge is 0.253 e. The van der Waals surface area contributed by atoms with Crippen LogP contribution in [-0.4, -0.2) is 51.9 Å². The highest BCUT2D eigenvalue weighted by Crippen LogP contribution is 2.50. The summed E-state index contributed by atoms with van der Waals surface area (Å²) in [5.74, 6) is 1.43. The third-order valence-electron chi connectivity index (χ3n) is 7.03. The summed E-state index contributed by atoms with van der Waals surface area (Å²) in [7, 11) is 0. The minimum Gasteiger partial charge on any atom is -0.381 e. The van der Waals surface area contributed by atoms with E-state index in [0.717, 1.165) is 56.1 Å². The van der Waals surface area contributed by atoms with Gasteiger partial charge < -0.3 is 14.2 Å². The Morgan fingerprint density at radius 2 is 1.96 bits per heavy atom. The Labute approximate surface area is 165 Å². The van der Waals surface area contributed by atoms with E-state index in [2.05, 4.69) is 28.6 Å². The molecule has 3 fully saturated rings. The molecule has 2 saturated heterocycles. The minimum atomic E-state index is 0.0489. The molecule has 0 N–H and O–H groups in total. The van der Waals surface area contributed by atoms with Crippen molar-refractivity contribution in [1.82, 2.24) is 19.7 Å². The van der Waals surface area contributed by atoms with Crippen molar-refractivity contribution in [3.8, 4) is 0 Å². The average molecular weight is 380 g/mol. The molecular formula is C22H28N4O2. The van der Waals surface area contributed by atoms with Crippen LogP contribution in [0.25, 0.3) is 0 Å². The average Bonchev–Trinajstić information content (AvgIpc) is 3.33. The van der Waals surface area contributed by atoms with Crippen molar-refractivity contribution < 1.29 is 9.53 Å². The lowest BCUT2D eigenvalue weighted by molar-refractivity contribution is 0.0107. The standard InChI is InChI=1S/C22H28N4O2/c1-15-3-4-17(11-16(15)2)21(27)25-12-19(22(13-25)7-9-28-10-8-22)20-24-23-14-26(20)18-5-6-18/h3-4,11,14,18-19H,5-10,12-13H2,1-2H3. The van der Waals surface area contributed by atoms with E-state index in [0.29, 0.717) is 6.04 Å². The van der Waals surface area contributed by atoms with Gasteiger partial charge >= 0.3 is 0 Å². The second-order valence-corrected chi connectivity index (χ2v) is 8.84. The van der Waals surface area contributed by atoms with Gasteiger partial charge in [0.2, 0.25) is 0 Å². The molecule has 5 rings (SSSR count). The maximum absolute atomic E-state index is 13.3. The van der Waals surface area contributed by atoms with E-state index in [1.54, 1.807) is 0 Å². The zero-order valence-corrected chi connectivity index (χ0v) is 16.7. The lowest BCUT2D eigenvalue weighted by atomic mass is 9.71. The van der Waals surface area contributed by atoms with Crippen LogP contribution in [0.4, 0.5) is 0 Å². The zero-order valence-electron chi connectivity index (χ0n) is 16.7. The first-order chi connectivity index (χ1) is 13.6. The summed E-state index contributed by atoms with van der Waals surface area (Å²) < 4.78 is 7.94. The molecular weight excluding hydrogens is 352 g/mol. The number of ether oxygens (including phenoxy) is 1. The van der Waals surface area contributed by atoms with Crippen molar-refractivity contribution in [1.29, 1.82) is 0 Å². The molecule has 1 aromatic heterocycles. The van der Waals surface area contributed by atoms with E-state index >= 15 is 0 Å². The Balaban J connectivity index is 1.47. The van der Waals surface area contributed by atoms with Crippen LogP contribution in [0.15, 0.2) is 24.5 Å². The molecule has 1 aliphatic carbocycles. The van der Waals surface area contributed by atoms with Gasteiger partial charge in [-0.3, -0.25) is 4.79 Å². The highest BCUT2D eigenvalue weighted by atomic mass is 16.5. The Hall–Kier alpha value is -2.21. The van der Waals surface area contributed by atoms with Gasteiger partial charge in [-0.05, 0) is 62.8 Å². The number of carbonyl (C=O) groups excluding carboxylic acids is 1. The lowest BCUT2D eigenvalue weighted by Gasteiger charge is -2.37. The second-order valence-electron chi connectivity index (χ2n) is 8.84. The Kier molecular flexibility index (Phi) is 4.27. The molecule has 6 nitrogen and oxygen atoms in total. The van der Waals surface area contributed by atoms with E-state index < -0.39 is 0 Å². The lowest BCUT2D eigenvalue weighted by Crippen LogP contribution is -2.37. The van der Waals surface area contributed by atoms with E-state index in [9.17, 15) is 4.79 Å². The Bertz CT molecular complexity index is 896. The van der Waals surface area contributed by atoms with Crippen molar-refractivity contribution in [2.75, 3.05) is 26.3 Å². The SMILES string of the molecule is Cc1ccc(C(=O)N2CC(c3nncn3C3CC3)C3(CCOCC3)C2)cc1C. The number of hydrogen-bond donors (Lipinski definition) is 0. The van der Waals surface area contributed by atoms with Gasteiger partial charge in [-0.25, -0.2) is 0 Å². The summed E-state index contributed by atoms with van der Waals surface area (Å²) in [6, 6.07) is 6.58. The molecule has 1 saturated carbocycles. The number of aromatic nitrogens is 3. The van der Waals surface area contributed by atoms with Gasteiger partial charge in [0, 0.05) is 49.2 Å². The molecule has 1 unspecified atom stereocenters. The number of nitrogens with zero attached hydrogens (tertiary/aromatic N) is 4. The summed E-state index contributed by atoms with van der Waals surface area (Å²) in [5.41, 5.74) is 3.22. The number of benzene rings is 1. The topological polar surface area (TPSA) is 60.2 Å². The first-order valence-corrected chi connectivity index (χ1v) is 10.4. The maximum Gasteiger partial charge on any atom is 0.253 e. The molecule has 1 spiro atoms. The predicted molar refractivity (Wildman–Crippen MR) is 105 cm³/mol. The number of rotatable bonds is 3. The maximum atomic E-state index is 13.3. The number of amides is 1. The molecule has 0 bridgehead atoms. The van der Waals surface area contributed by atoms with Crippen LogP contribution in [0.1, 0.15) is 65.0 Å². The van der Waals surface area contributed by atoms with Gasteiger partial charge in [0.1, 0.15) is 12.2 Å². The van der Waals surface area contributed by atoms with E-state index in [1.165, 1.54) is 18.4 Å². The molecule has 1 atom stereocenters. The fourth-order valence-corrected chi connectivity index (χ4v) is 4.96. The third kappa shape index (κ3) is 2.94. The molecule has 3 heterocycles. The fourth-order valence-electron chi connectivity index (χ4n) is 4.96. The van der Waals surface area contributed by atoms with Crippen molar-refractivity contribution >= 4 is 5.91 Å². The summed E-state index contributed by atoms with van der Waals surface area (Å²) in [5, 5.41) is 8.77. The molecule has 3 aliphatic rings. The molecule has 1 amide bonds. The zero-order chi connectivity index (χ0) is 19.3. The Morgan fingerprint density at radius 1 is 1.18 bits per heavy atom. The first-order valence-electron chi connectivity index (χ1n) is 10.4. The highest BCUT2D eigenvalue weighted by Gasteiger charge is 2.51. The van der Waals surface area contributed by atoms with Gasteiger partial charge in [0.15, 0.2) is 0 Å². The molecule has 6 heteroatoms. The molecule has 0 radical (unpaired) electrons. The van der Waals surface area contributed by atoms with Crippen LogP contribution in [0, 0.1) is 19.3 Å². The molecule has 148 valence electrons. The van der Waals surface area contributed by atoms with Crippen LogP contribution < -0.4 is 0 Å². The predicted octanol–water partition coefficient (Wildman–Crippen LogP) is 3.27. The second kappa shape index (κ2) is 6.69. The Morgan fingerprint density at radius 3 is 2.68 bits per heavy atom. The summed E-state index contributed by atoms with van der Waals surface area (Å²) in [6.45, 7) is 7.18. The van der Waals surface area contributed by atoms with Crippen LogP contribution in [0.2, 0.25) is 0 Å². The molecule has 2 aromatic rings. The van der Waals surface area contributed by atoms with Crippen LogP contribution in [0.5, 0.6) is 0 Å². The number of carbonyl (C=O) groups is 1. The van der Waals surface area contributed by atoms with Crippen LogP contribution in [0.3, 0.4) is 0 Å². The highest BCUT2D eigenvalue weighted by molar-refractivity contribution is 5.94. The number of hydrogen-bond acceptors (Lipinski definition) is 4.